The second kappa shape index (κ2) is 8.26. The molecule has 1 saturated heterocycles. The summed E-state index contributed by atoms with van der Waals surface area (Å²) in [4.78, 5) is 13.0. The molecule has 2 aromatic rings. The lowest BCUT2D eigenvalue weighted by Crippen LogP contribution is -2.50. The SMILES string of the molecule is O=C(NCC1CC1)c1ccc2c(c1)C1(CCSCC1)C(C1CC1)N2S(=O)(=O)c1ccc(F)cc1. The third kappa shape index (κ3) is 3.73. The number of benzene rings is 2. The molecule has 1 unspecified atom stereocenters. The molecule has 1 amide bonds. The van der Waals surface area contributed by atoms with E-state index in [0.29, 0.717) is 29.6 Å². The lowest BCUT2D eigenvalue weighted by Gasteiger charge is -2.41. The van der Waals surface area contributed by atoms with E-state index in [1.807, 2.05) is 23.9 Å². The Hall–Kier alpha value is -2.06. The fourth-order valence-corrected chi connectivity index (χ4v) is 8.84. The molecule has 6 rings (SSSR count). The van der Waals surface area contributed by atoms with E-state index >= 15 is 0 Å². The van der Waals surface area contributed by atoms with Gasteiger partial charge in [0, 0.05) is 17.5 Å². The predicted octanol–water partition coefficient (Wildman–Crippen LogP) is 4.72. The molecule has 0 radical (unpaired) electrons. The first-order valence-electron chi connectivity index (χ1n) is 12.2. The zero-order valence-electron chi connectivity index (χ0n) is 19.0. The van der Waals surface area contributed by atoms with Gasteiger partial charge in [-0.3, -0.25) is 9.10 Å². The van der Waals surface area contributed by atoms with Crippen LogP contribution in [0.25, 0.3) is 0 Å². The summed E-state index contributed by atoms with van der Waals surface area (Å²) in [5.41, 5.74) is 2.00. The van der Waals surface area contributed by atoms with Crippen LogP contribution in [-0.4, -0.2) is 38.4 Å². The number of sulfonamides is 1. The third-order valence-electron chi connectivity index (χ3n) is 7.92. The maximum Gasteiger partial charge on any atom is 0.264 e. The van der Waals surface area contributed by atoms with Gasteiger partial charge in [-0.15, -0.1) is 0 Å². The van der Waals surface area contributed by atoms with Crippen LogP contribution in [0.1, 0.15) is 54.4 Å². The molecular formula is C26H29FN2O3S2. The van der Waals surface area contributed by atoms with E-state index in [9.17, 15) is 17.6 Å². The molecule has 34 heavy (non-hydrogen) atoms. The van der Waals surface area contributed by atoms with Crippen molar-refractivity contribution in [1.82, 2.24) is 5.32 Å². The topological polar surface area (TPSA) is 66.5 Å². The number of nitrogens with zero attached hydrogens (tertiary/aromatic N) is 1. The Morgan fingerprint density at radius 1 is 1.06 bits per heavy atom. The highest BCUT2D eigenvalue weighted by Gasteiger charge is 2.59. The van der Waals surface area contributed by atoms with Crippen molar-refractivity contribution in [2.24, 2.45) is 11.8 Å². The number of hydrogen-bond donors (Lipinski definition) is 1. The largest absolute Gasteiger partial charge is 0.352 e. The Labute approximate surface area is 204 Å². The van der Waals surface area contributed by atoms with Gasteiger partial charge in [-0.1, -0.05) is 0 Å². The maximum atomic E-state index is 14.0. The number of hydrogen-bond acceptors (Lipinski definition) is 4. The monoisotopic (exact) mass is 500 g/mol. The lowest BCUT2D eigenvalue weighted by molar-refractivity contribution is 0.0951. The van der Waals surface area contributed by atoms with Crippen LogP contribution in [0.15, 0.2) is 47.4 Å². The van der Waals surface area contributed by atoms with Crippen molar-refractivity contribution in [3.63, 3.8) is 0 Å². The van der Waals surface area contributed by atoms with Crippen molar-refractivity contribution in [3.05, 3.63) is 59.4 Å². The van der Waals surface area contributed by atoms with Crippen molar-refractivity contribution < 1.29 is 17.6 Å². The third-order valence-corrected chi connectivity index (χ3v) is 10.7. The fourth-order valence-electron chi connectivity index (χ4n) is 5.82. The van der Waals surface area contributed by atoms with Crippen molar-refractivity contribution in [1.29, 1.82) is 0 Å². The number of carbonyl (C=O) groups is 1. The quantitative estimate of drug-likeness (QED) is 0.624. The van der Waals surface area contributed by atoms with Crippen LogP contribution in [0.4, 0.5) is 10.1 Å². The number of rotatable bonds is 6. The van der Waals surface area contributed by atoms with Gasteiger partial charge >= 0.3 is 0 Å². The summed E-state index contributed by atoms with van der Waals surface area (Å²) in [6, 6.07) is 10.5. The number of thioether (sulfide) groups is 1. The Morgan fingerprint density at radius 3 is 2.41 bits per heavy atom. The van der Waals surface area contributed by atoms with Gasteiger partial charge in [0.05, 0.1) is 16.6 Å². The van der Waals surface area contributed by atoms with Crippen LogP contribution < -0.4 is 9.62 Å². The first-order valence-corrected chi connectivity index (χ1v) is 14.8. The molecule has 2 aliphatic heterocycles. The van der Waals surface area contributed by atoms with E-state index in [4.69, 9.17) is 0 Å². The van der Waals surface area contributed by atoms with Gasteiger partial charge in [0.15, 0.2) is 0 Å². The summed E-state index contributed by atoms with van der Waals surface area (Å²) in [7, 11) is -3.89. The molecule has 180 valence electrons. The minimum Gasteiger partial charge on any atom is -0.352 e. The molecule has 2 saturated carbocycles. The normalized spacial score (nSPS) is 23.7. The predicted molar refractivity (Wildman–Crippen MR) is 132 cm³/mol. The molecule has 2 aliphatic carbocycles. The first kappa shape index (κ1) is 22.4. The molecular weight excluding hydrogens is 471 g/mol. The summed E-state index contributed by atoms with van der Waals surface area (Å²) in [6.45, 7) is 0.702. The Bertz CT molecular complexity index is 1220. The van der Waals surface area contributed by atoms with Crippen LogP contribution in [0.5, 0.6) is 0 Å². The van der Waals surface area contributed by atoms with Crippen LogP contribution in [0.2, 0.25) is 0 Å². The molecule has 2 heterocycles. The highest BCUT2D eigenvalue weighted by molar-refractivity contribution is 7.99. The summed E-state index contributed by atoms with van der Waals surface area (Å²) in [5, 5.41) is 3.05. The molecule has 1 atom stereocenters. The highest BCUT2D eigenvalue weighted by atomic mass is 32.2. The average Bonchev–Trinajstić information content (AvgIpc) is 3.77. The first-order chi connectivity index (χ1) is 16.4. The second-order valence-electron chi connectivity index (χ2n) is 10.2. The highest BCUT2D eigenvalue weighted by Crippen LogP contribution is 2.59. The van der Waals surface area contributed by atoms with Crippen LogP contribution >= 0.6 is 11.8 Å². The molecule has 1 spiro atoms. The van der Waals surface area contributed by atoms with Crippen molar-refractivity contribution in [3.8, 4) is 0 Å². The summed E-state index contributed by atoms with van der Waals surface area (Å²) < 4.78 is 43.2. The van der Waals surface area contributed by atoms with E-state index in [0.717, 1.165) is 42.8 Å². The van der Waals surface area contributed by atoms with Gasteiger partial charge < -0.3 is 5.32 Å². The Balaban J connectivity index is 1.46. The van der Waals surface area contributed by atoms with Crippen LogP contribution in [-0.2, 0) is 15.4 Å². The minimum absolute atomic E-state index is 0.0853. The van der Waals surface area contributed by atoms with Crippen molar-refractivity contribution in [2.45, 2.75) is 54.9 Å². The summed E-state index contributed by atoms with van der Waals surface area (Å²) >= 11 is 1.91. The maximum absolute atomic E-state index is 14.0. The molecule has 2 aromatic carbocycles. The van der Waals surface area contributed by atoms with E-state index < -0.39 is 15.8 Å². The number of nitrogens with one attached hydrogen (secondary N) is 1. The van der Waals surface area contributed by atoms with Gasteiger partial charge in [0.2, 0.25) is 0 Å². The fraction of sp³-hybridized carbons (Fsp3) is 0.500. The number of carbonyl (C=O) groups excluding carboxylic acids is 1. The molecule has 0 bridgehead atoms. The van der Waals surface area contributed by atoms with Crippen LogP contribution in [0.3, 0.4) is 0 Å². The Kier molecular flexibility index (Phi) is 5.44. The molecule has 3 fully saturated rings. The van der Waals surface area contributed by atoms with Gasteiger partial charge in [-0.05, 0) is 110 Å². The van der Waals surface area contributed by atoms with E-state index in [-0.39, 0.29) is 22.3 Å². The van der Waals surface area contributed by atoms with Crippen LogP contribution in [0, 0.1) is 17.7 Å². The number of fused-ring (bicyclic) bond motifs is 2. The molecule has 4 aliphatic rings. The minimum atomic E-state index is -3.89. The molecule has 8 heteroatoms. The number of amides is 1. The van der Waals surface area contributed by atoms with E-state index in [1.165, 1.54) is 37.1 Å². The molecule has 5 nitrogen and oxygen atoms in total. The van der Waals surface area contributed by atoms with E-state index in [1.54, 1.807) is 10.4 Å². The zero-order chi connectivity index (χ0) is 23.5. The average molecular weight is 501 g/mol. The smallest absolute Gasteiger partial charge is 0.264 e. The van der Waals surface area contributed by atoms with Gasteiger partial charge in [-0.2, -0.15) is 11.8 Å². The standard InChI is InChI=1S/C26H29FN2O3S2/c27-20-6-8-21(9-7-20)34(31,32)29-23-10-5-19(25(30)28-16-17-1-2-17)15-22(23)26(11-13-33-14-12-26)24(29)18-3-4-18/h5-10,15,17-18,24H,1-4,11-14,16H2,(H,28,30). The van der Waals surface area contributed by atoms with Gasteiger partial charge in [-0.25, -0.2) is 12.8 Å². The number of halogens is 1. The summed E-state index contributed by atoms with van der Waals surface area (Å²) in [6.07, 6.45) is 6.16. The van der Waals surface area contributed by atoms with Crippen molar-refractivity contribution >= 4 is 33.4 Å². The molecule has 0 aromatic heterocycles. The summed E-state index contributed by atoms with van der Waals surface area (Å²) in [5.74, 6) is 2.31. The lowest BCUT2D eigenvalue weighted by atomic mass is 9.70. The Morgan fingerprint density at radius 2 is 1.76 bits per heavy atom. The number of anilines is 1. The zero-order valence-corrected chi connectivity index (χ0v) is 20.6. The van der Waals surface area contributed by atoms with Gasteiger partial charge in [0.1, 0.15) is 5.82 Å². The van der Waals surface area contributed by atoms with Gasteiger partial charge in [0.25, 0.3) is 15.9 Å². The molecule has 1 N–H and O–H groups in total. The van der Waals surface area contributed by atoms with E-state index in [2.05, 4.69) is 5.32 Å². The second-order valence-corrected chi connectivity index (χ2v) is 13.2. The van der Waals surface area contributed by atoms with Crippen molar-refractivity contribution in [2.75, 3.05) is 22.4 Å².